The average molecular weight is 174 g/mol. The van der Waals surface area contributed by atoms with Crippen molar-refractivity contribution in [2.75, 3.05) is 0 Å². The number of Topliss-reactive ketones (excluding diaryl/α,β-unsaturated/α-hetero) is 1. The number of aliphatic hydroxyl groups is 2. The Balaban J connectivity index is 4.53. The van der Waals surface area contributed by atoms with Gasteiger partial charge in [-0.25, -0.2) is 0 Å². The highest BCUT2D eigenvalue weighted by molar-refractivity contribution is 5.88. The summed E-state index contributed by atoms with van der Waals surface area (Å²) in [6, 6.07) is 0. The Morgan fingerprint density at radius 2 is 1.50 bits per heavy atom. The Morgan fingerprint density at radius 3 is 1.58 bits per heavy atom. The molecule has 0 saturated heterocycles. The molecule has 0 rings (SSSR count). The molecule has 0 fully saturated rings. The van der Waals surface area contributed by atoms with Crippen molar-refractivity contribution >= 4 is 5.78 Å². The Morgan fingerprint density at radius 1 is 1.17 bits per heavy atom. The van der Waals surface area contributed by atoms with Crippen LogP contribution in [-0.4, -0.2) is 27.7 Å². The first kappa shape index (κ1) is 11.6. The van der Waals surface area contributed by atoms with E-state index in [1.165, 1.54) is 13.8 Å². The number of carbonyl (C=O) groups excluding carboxylic acids is 1. The van der Waals surface area contributed by atoms with Crippen LogP contribution in [0.5, 0.6) is 0 Å². The minimum absolute atomic E-state index is 0.338. The van der Waals surface area contributed by atoms with E-state index in [1.54, 1.807) is 20.8 Å². The Bertz CT molecular complexity index is 171. The molecule has 0 spiro atoms. The van der Waals surface area contributed by atoms with Crippen LogP contribution in [0.3, 0.4) is 0 Å². The monoisotopic (exact) mass is 174 g/mol. The van der Waals surface area contributed by atoms with Gasteiger partial charge in [-0.3, -0.25) is 4.79 Å². The van der Waals surface area contributed by atoms with Gasteiger partial charge in [0.1, 0.15) is 6.10 Å². The number of rotatable bonds is 2. The molecule has 0 radical (unpaired) electrons. The maximum atomic E-state index is 11.4. The van der Waals surface area contributed by atoms with Crippen LogP contribution >= 0.6 is 0 Å². The molecular formula is C9H18O3. The van der Waals surface area contributed by atoms with Crippen LogP contribution in [0, 0.1) is 5.41 Å². The summed E-state index contributed by atoms with van der Waals surface area (Å²) in [7, 11) is 0. The van der Waals surface area contributed by atoms with E-state index in [2.05, 4.69) is 0 Å². The van der Waals surface area contributed by atoms with Gasteiger partial charge >= 0.3 is 0 Å². The van der Waals surface area contributed by atoms with Gasteiger partial charge in [-0.05, 0) is 13.8 Å². The van der Waals surface area contributed by atoms with Gasteiger partial charge in [-0.2, -0.15) is 0 Å². The van der Waals surface area contributed by atoms with Crippen LogP contribution in [0.15, 0.2) is 0 Å². The second-order valence-electron chi connectivity index (χ2n) is 4.67. The number of carbonyl (C=O) groups is 1. The first-order valence-electron chi connectivity index (χ1n) is 4.01. The minimum Gasteiger partial charge on any atom is -0.387 e. The minimum atomic E-state index is -1.36. The molecule has 0 amide bonds. The Kier molecular flexibility index (Phi) is 3.04. The summed E-state index contributed by atoms with van der Waals surface area (Å²) >= 11 is 0. The lowest BCUT2D eigenvalue weighted by Gasteiger charge is -2.28. The zero-order valence-corrected chi connectivity index (χ0v) is 8.38. The maximum Gasteiger partial charge on any atom is 0.169 e. The number of aliphatic hydroxyl groups excluding tert-OH is 1. The summed E-state index contributed by atoms with van der Waals surface area (Å²) in [5.74, 6) is -0.338. The molecule has 0 saturated carbocycles. The standard InChI is InChI=1S/C9H18O3/c1-8(2,3)6(10)7(11)9(4,5)12/h7,11-12H,1-5H3/t7-/m0/s1. The SMILES string of the molecule is CC(C)(C)C(=O)[C@H](O)C(C)(C)O. The molecule has 72 valence electrons. The summed E-state index contributed by atoms with van der Waals surface area (Å²) in [5.41, 5.74) is -1.97. The van der Waals surface area contributed by atoms with Crippen LogP contribution in [0.25, 0.3) is 0 Å². The third-order valence-corrected chi connectivity index (χ3v) is 1.66. The number of hydrogen-bond donors (Lipinski definition) is 2. The predicted octanol–water partition coefficient (Wildman–Crippen LogP) is 0.733. The molecule has 2 N–H and O–H groups in total. The lowest BCUT2D eigenvalue weighted by atomic mass is 9.82. The molecule has 0 aromatic rings. The second kappa shape index (κ2) is 3.15. The van der Waals surface area contributed by atoms with Gasteiger partial charge in [0.2, 0.25) is 0 Å². The third-order valence-electron chi connectivity index (χ3n) is 1.66. The first-order valence-corrected chi connectivity index (χ1v) is 4.01. The zero-order chi connectivity index (χ0) is 10.2. The number of ketones is 1. The molecule has 0 aliphatic rings. The molecule has 0 aromatic heterocycles. The van der Waals surface area contributed by atoms with Crippen molar-refractivity contribution in [1.29, 1.82) is 0 Å². The highest BCUT2D eigenvalue weighted by Crippen LogP contribution is 2.21. The normalized spacial score (nSPS) is 15.9. The molecule has 0 aliphatic heterocycles. The van der Waals surface area contributed by atoms with Crippen molar-refractivity contribution in [1.82, 2.24) is 0 Å². The average Bonchev–Trinajstić information content (AvgIpc) is 1.80. The van der Waals surface area contributed by atoms with Crippen LogP contribution < -0.4 is 0 Å². The fourth-order valence-corrected chi connectivity index (χ4v) is 0.731. The lowest BCUT2D eigenvalue weighted by molar-refractivity contribution is -0.147. The topological polar surface area (TPSA) is 57.5 Å². The molecule has 3 nitrogen and oxygen atoms in total. The van der Waals surface area contributed by atoms with Crippen molar-refractivity contribution in [3.8, 4) is 0 Å². The van der Waals surface area contributed by atoms with Gasteiger partial charge in [-0.1, -0.05) is 20.8 Å². The van der Waals surface area contributed by atoms with Crippen molar-refractivity contribution < 1.29 is 15.0 Å². The summed E-state index contributed by atoms with van der Waals surface area (Å²) in [6.07, 6.45) is -1.31. The van der Waals surface area contributed by atoms with E-state index in [0.717, 1.165) is 0 Å². The summed E-state index contributed by atoms with van der Waals surface area (Å²) in [6.45, 7) is 7.97. The Labute approximate surface area is 73.4 Å². The summed E-state index contributed by atoms with van der Waals surface area (Å²) < 4.78 is 0. The van der Waals surface area contributed by atoms with E-state index in [-0.39, 0.29) is 5.78 Å². The molecule has 0 unspecified atom stereocenters. The molecule has 0 aliphatic carbocycles. The first-order chi connectivity index (χ1) is 5.07. The van der Waals surface area contributed by atoms with Crippen LogP contribution in [0.1, 0.15) is 34.6 Å². The molecular weight excluding hydrogens is 156 g/mol. The highest BCUT2D eigenvalue weighted by Gasteiger charge is 2.37. The smallest absolute Gasteiger partial charge is 0.169 e. The lowest BCUT2D eigenvalue weighted by Crippen LogP contribution is -2.46. The van der Waals surface area contributed by atoms with Gasteiger partial charge in [-0.15, -0.1) is 0 Å². The second-order valence-corrected chi connectivity index (χ2v) is 4.67. The quantitative estimate of drug-likeness (QED) is 0.649. The van der Waals surface area contributed by atoms with E-state index in [1.807, 2.05) is 0 Å². The van der Waals surface area contributed by atoms with Crippen LogP contribution in [-0.2, 0) is 4.79 Å². The van der Waals surface area contributed by atoms with E-state index in [0.29, 0.717) is 0 Å². The fraction of sp³-hybridized carbons (Fsp3) is 0.889. The third kappa shape index (κ3) is 2.91. The van der Waals surface area contributed by atoms with Crippen molar-refractivity contribution in [2.24, 2.45) is 5.41 Å². The largest absolute Gasteiger partial charge is 0.387 e. The molecule has 0 heterocycles. The van der Waals surface area contributed by atoms with Crippen molar-refractivity contribution in [3.63, 3.8) is 0 Å². The molecule has 0 aromatic carbocycles. The summed E-state index contributed by atoms with van der Waals surface area (Å²) in [4.78, 5) is 11.4. The molecule has 12 heavy (non-hydrogen) atoms. The van der Waals surface area contributed by atoms with Gasteiger partial charge in [0.15, 0.2) is 5.78 Å². The van der Waals surface area contributed by atoms with Crippen LogP contribution in [0.2, 0.25) is 0 Å². The van der Waals surface area contributed by atoms with E-state index < -0.39 is 17.1 Å². The van der Waals surface area contributed by atoms with E-state index in [4.69, 9.17) is 0 Å². The zero-order valence-electron chi connectivity index (χ0n) is 8.38. The van der Waals surface area contributed by atoms with Gasteiger partial charge < -0.3 is 10.2 Å². The van der Waals surface area contributed by atoms with Crippen LogP contribution in [0.4, 0.5) is 0 Å². The maximum absolute atomic E-state index is 11.4. The Hall–Kier alpha value is -0.410. The van der Waals surface area contributed by atoms with E-state index >= 15 is 0 Å². The molecule has 0 bridgehead atoms. The van der Waals surface area contributed by atoms with Crippen molar-refractivity contribution in [3.05, 3.63) is 0 Å². The number of hydrogen-bond acceptors (Lipinski definition) is 3. The van der Waals surface area contributed by atoms with Crippen molar-refractivity contribution in [2.45, 2.75) is 46.3 Å². The van der Waals surface area contributed by atoms with E-state index in [9.17, 15) is 15.0 Å². The fourth-order valence-electron chi connectivity index (χ4n) is 0.731. The summed E-state index contributed by atoms with van der Waals surface area (Å²) in [5, 5.41) is 18.7. The predicted molar refractivity (Wildman–Crippen MR) is 46.8 cm³/mol. The van der Waals surface area contributed by atoms with Gasteiger partial charge in [0, 0.05) is 5.41 Å². The molecule has 3 heteroatoms. The molecule has 1 atom stereocenters. The highest BCUT2D eigenvalue weighted by atomic mass is 16.3. The van der Waals surface area contributed by atoms with Gasteiger partial charge in [0.25, 0.3) is 0 Å². The van der Waals surface area contributed by atoms with Gasteiger partial charge in [0.05, 0.1) is 5.60 Å².